The smallest absolute Gasteiger partial charge is 0.163 e. The molecule has 0 unspecified atom stereocenters. The van der Waals surface area contributed by atoms with Crippen molar-refractivity contribution in [3.05, 3.63) is 28.8 Å². The molecule has 0 aliphatic rings. The van der Waals surface area contributed by atoms with Gasteiger partial charge in [0.25, 0.3) is 0 Å². The first-order valence-electron chi connectivity index (χ1n) is 8.22. The molecule has 1 aromatic carbocycles. The number of rotatable bonds is 4. The SMILES string of the molecule is C#CC[C@H](C)CC(=O)c1cc(C(C)(C)C)c(O)c(C(C)(C)C)c1. The third-order valence-electron chi connectivity index (χ3n) is 4.05. The largest absolute Gasteiger partial charge is 0.507 e. The van der Waals surface area contributed by atoms with Gasteiger partial charge in [-0.2, -0.15) is 0 Å². The van der Waals surface area contributed by atoms with E-state index in [9.17, 15) is 9.90 Å². The topological polar surface area (TPSA) is 37.3 Å². The zero-order valence-corrected chi connectivity index (χ0v) is 15.6. The van der Waals surface area contributed by atoms with E-state index in [0.717, 1.165) is 11.1 Å². The van der Waals surface area contributed by atoms with Crippen LogP contribution in [0.2, 0.25) is 0 Å². The van der Waals surface area contributed by atoms with E-state index in [2.05, 4.69) is 5.92 Å². The van der Waals surface area contributed by atoms with Crippen LogP contribution in [0.15, 0.2) is 12.1 Å². The van der Waals surface area contributed by atoms with E-state index < -0.39 is 0 Å². The molecule has 0 spiro atoms. The second-order valence-electron chi connectivity index (χ2n) is 8.56. The maximum absolute atomic E-state index is 12.6. The zero-order chi connectivity index (χ0) is 18.0. The number of aromatic hydroxyl groups is 1. The summed E-state index contributed by atoms with van der Waals surface area (Å²) in [7, 11) is 0. The van der Waals surface area contributed by atoms with Crippen molar-refractivity contribution in [3.63, 3.8) is 0 Å². The first-order chi connectivity index (χ1) is 10.4. The molecular formula is C21H30O2. The minimum atomic E-state index is -0.231. The summed E-state index contributed by atoms with van der Waals surface area (Å²) in [4.78, 5) is 12.6. The van der Waals surface area contributed by atoms with Crippen LogP contribution in [-0.2, 0) is 10.8 Å². The maximum atomic E-state index is 12.6. The highest BCUT2D eigenvalue weighted by Crippen LogP contribution is 2.40. The van der Waals surface area contributed by atoms with Gasteiger partial charge in [-0.1, -0.05) is 48.5 Å². The summed E-state index contributed by atoms with van der Waals surface area (Å²) in [6.07, 6.45) is 6.36. The van der Waals surface area contributed by atoms with Crippen LogP contribution in [0.25, 0.3) is 0 Å². The lowest BCUT2D eigenvalue weighted by Crippen LogP contribution is -2.19. The van der Waals surface area contributed by atoms with Gasteiger partial charge in [-0.3, -0.25) is 4.79 Å². The molecule has 2 nitrogen and oxygen atoms in total. The van der Waals surface area contributed by atoms with Gasteiger partial charge in [-0.05, 0) is 28.9 Å². The molecule has 1 rings (SSSR count). The highest BCUT2D eigenvalue weighted by Gasteiger charge is 2.27. The number of benzene rings is 1. The van der Waals surface area contributed by atoms with Gasteiger partial charge in [-0.25, -0.2) is 0 Å². The van der Waals surface area contributed by atoms with Gasteiger partial charge in [0.15, 0.2) is 5.78 Å². The van der Waals surface area contributed by atoms with Crippen LogP contribution in [0.5, 0.6) is 5.75 Å². The van der Waals surface area contributed by atoms with Crippen LogP contribution in [0, 0.1) is 18.3 Å². The number of phenols is 1. The number of terminal acetylenes is 1. The van der Waals surface area contributed by atoms with Gasteiger partial charge >= 0.3 is 0 Å². The summed E-state index contributed by atoms with van der Waals surface area (Å²) in [6.45, 7) is 14.3. The molecule has 0 bridgehead atoms. The van der Waals surface area contributed by atoms with Crippen molar-refractivity contribution in [1.82, 2.24) is 0 Å². The summed E-state index contributed by atoms with van der Waals surface area (Å²) in [5.41, 5.74) is 1.84. The Morgan fingerprint density at radius 1 is 1.13 bits per heavy atom. The van der Waals surface area contributed by atoms with Crippen molar-refractivity contribution in [2.45, 2.75) is 72.1 Å². The summed E-state index contributed by atoms with van der Waals surface area (Å²) in [5.74, 6) is 3.17. The highest BCUT2D eigenvalue weighted by atomic mass is 16.3. The Kier molecular flexibility index (Phi) is 5.69. The third-order valence-corrected chi connectivity index (χ3v) is 4.05. The average Bonchev–Trinajstić information content (AvgIpc) is 2.36. The molecule has 0 saturated heterocycles. The number of carbonyl (C=O) groups excluding carboxylic acids is 1. The Bertz CT molecular complexity index is 584. The summed E-state index contributed by atoms with van der Waals surface area (Å²) in [5, 5.41) is 10.7. The second-order valence-corrected chi connectivity index (χ2v) is 8.56. The highest BCUT2D eigenvalue weighted by molar-refractivity contribution is 5.97. The first-order valence-corrected chi connectivity index (χ1v) is 8.22. The standard InChI is InChI=1S/C21H30O2/c1-9-10-14(2)11-18(22)15-12-16(20(3,4)5)19(23)17(13-15)21(6,7)8/h1,12-14,23H,10-11H2,2-8H3/t14-/m0/s1. The third kappa shape index (κ3) is 4.86. The van der Waals surface area contributed by atoms with Crippen molar-refractivity contribution < 1.29 is 9.90 Å². The molecule has 1 atom stereocenters. The summed E-state index contributed by atoms with van der Waals surface area (Å²) in [6, 6.07) is 3.69. The van der Waals surface area contributed by atoms with E-state index in [1.807, 2.05) is 60.6 Å². The molecule has 0 radical (unpaired) electrons. The molecular weight excluding hydrogens is 284 g/mol. The van der Waals surface area contributed by atoms with E-state index in [4.69, 9.17) is 6.42 Å². The lowest BCUT2D eigenvalue weighted by Gasteiger charge is -2.28. The second kappa shape index (κ2) is 6.79. The number of carbonyl (C=O) groups is 1. The molecule has 1 aromatic rings. The zero-order valence-electron chi connectivity index (χ0n) is 15.6. The number of ketones is 1. The van der Waals surface area contributed by atoms with Gasteiger partial charge in [0.2, 0.25) is 0 Å². The van der Waals surface area contributed by atoms with Crippen LogP contribution >= 0.6 is 0 Å². The van der Waals surface area contributed by atoms with Crippen molar-refractivity contribution in [2.24, 2.45) is 5.92 Å². The Hall–Kier alpha value is -1.75. The summed E-state index contributed by atoms with van der Waals surface area (Å²) < 4.78 is 0. The first kappa shape index (κ1) is 19.3. The van der Waals surface area contributed by atoms with Crippen LogP contribution in [0.3, 0.4) is 0 Å². The van der Waals surface area contributed by atoms with E-state index in [-0.39, 0.29) is 22.5 Å². The number of phenolic OH excluding ortho intramolecular Hbond substituents is 1. The van der Waals surface area contributed by atoms with Crippen molar-refractivity contribution in [2.75, 3.05) is 0 Å². The van der Waals surface area contributed by atoms with Gasteiger partial charge in [-0.15, -0.1) is 12.3 Å². The minimum absolute atomic E-state index is 0.0868. The van der Waals surface area contributed by atoms with Gasteiger partial charge in [0, 0.05) is 29.5 Å². The molecule has 0 aliphatic heterocycles. The van der Waals surface area contributed by atoms with E-state index in [1.54, 1.807) is 0 Å². The lowest BCUT2D eigenvalue weighted by atomic mass is 9.77. The van der Waals surface area contributed by atoms with Crippen LogP contribution < -0.4 is 0 Å². The van der Waals surface area contributed by atoms with Crippen molar-refractivity contribution in [1.29, 1.82) is 0 Å². The fourth-order valence-corrected chi connectivity index (χ4v) is 2.65. The molecule has 0 saturated carbocycles. The van der Waals surface area contributed by atoms with Crippen LogP contribution in [0.4, 0.5) is 0 Å². The Morgan fingerprint density at radius 2 is 1.57 bits per heavy atom. The number of hydrogen-bond donors (Lipinski definition) is 1. The number of Topliss-reactive ketones (excluding diaryl/α,β-unsaturated/α-hetero) is 1. The fraction of sp³-hybridized carbons (Fsp3) is 0.571. The molecule has 0 aromatic heterocycles. The average molecular weight is 314 g/mol. The van der Waals surface area contributed by atoms with E-state index in [1.165, 1.54) is 0 Å². The quantitative estimate of drug-likeness (QED) is 0.611. The van der Waals surface area contributed by atoms with Gasteiger partial charge in [0.05, 0.1) is 0 Å². The van der Waals surface area contributed by atoms with Gasteiger partial charge in [0.1, 0.15) is 5.75 Å². The molecule has 0 heterocycles. The van der Waals surface area contributed by atoms with Crippen molar-refractivity contribution in [3.8, 4) is 18.1 Å². The normalized spacial score (nSPS) is 13.5. The monoisotopic (exact) mass is 314 g/mol. The predicted octanol–water partition coefficient (Wildman–Crippen LogP) is 5.22. The Balaban J connectivity index is 3.40. The Morgan fingerprint density at radius 3 is 1.91 bits per heavy atom. The molecule has 0 fully saturated rings. The minimum Gasteiger partial charge on any atom is -0.507 e. The lowest BCUT2D eigenvalue weighted by molar-refractivity contribution is 0.0965. The molecule has 1 N–H and O–H groups in total. The molecule has 0 amide bonds. The predicted molar refractivity (Wildman–Crippen MR) is 97.1 cm³/mol. The maximum Gasteiger partial charge on any atom is 0.163 e. The van der Waals surface area contributed by atoms with Crippen LogP contribution in [-0.4, -0.2) is 10.9 Å². The van der Waals surface area contributed by atoms with Gasteiger partial charge < -0.3 is 5.11 Å². The number of hydrogen-bond acceptors (Lipinski definition) is 2. The molecule has 0 aliphatic carbocycles. The van der Waals surface area contributed by atoms with E-state index in [0.29, 0.717) is 24.2 Å². The molecule has 23 heavy (non-hydrogen) atoms. The molecule has 2 heteroatoms. The van der Waals surface area contributed by atoms with Crippen LogP contribution in [0.1, 0.15) is 82.8 Å². The summed E-state index contributed by atoms with van der Waals surface area (Å²) >= 11 is 0. The Labute approximate surface area is 141 Å². The molecule has 126 valence electrons. The fourth-order valence-electron chi connectivity index (χ4n) is 2.65. The van der Waals surface area contributed by atoms with Crippen molar-refractivity contribution >= 4 is 5.78 Å². The van der Waals surface area contributed by atoms with E-state index >= 15 is 0 Å².